The Morgan fingerprint density at radius 3 is 2.80 bits per heavy atom. The lowest BCUT2D eigenvalue weighted by atomic mass is 10.2. The average molecular weight is 446 g/mol. The van der Waals surface area contributed by atoms with Gasteiger partial charge in [0.2, 0.25) is 11.8 Å². The van der Waals surface area contributed by atoms with Crippen molar-refractivity contribution in [1.82, 2.24) is 15.3 Å². The van der Waals surface area contributed by atoms with Gasteiger partial charge in [0, 0.05) is 18.9 Å². The first kappa shape index (κ1) is 20.9. The lowest BCUT2D eigenvalue weighted by Gasteiger charge is -2.21. The molecule has 3 aromatic rings. The van der Waals surface area contributed by atoms with Crippen molar-refractivity contribution in [2.45, 2.75) is 58.1 Å². The molecule has 1 aliphatic rings. The SMILES string of the molecule is CC(=O)N[C@H]1CCC[C@@H]1Oc1ccc(Oc2ccc3nc(C(C)C)sc3c2Cl)cn1. The second-order valence-corrected chi connectivity index (χ2v) is 9.17. The fourth-order valence-electron chi connectivity index (χ4n) is 3.56. The molecule has 1 N–H and O–H groups in total. The van der Waals surface area contributed by atoms with Gasteiger partial charge >= 0.3 is 0 Å². The van der Waals surface area contributed by atoms with Gasteiger partial charge in [-0.2, -0.15) is 0 Å². The van der Waals surface area contributed by atoms with Gasteiger partial charge in [-0.3, -0.25) is 4.79 Å². The first-order chi connectivity index (χ1) is 14.4. The monoisotopic (exact) mass is 445 g/mol. The van der Waals surface area contributed by atoms with E-state index in [2.05, 4.69) is 29.1 Å². The van der Waals surface area contributed by atoms with Crippen LogP contribution in [0.3, 0.4) is 0 Å². The van der Waals surface area contributed by atoms with Gasteiger partial charge in [-0.1, -0.05) is 25.4 Å². The molecule has 2 atom stereocenters. The molecular formula is C22H24ClN3O3S. The quantitative estimate of drug-likeness (QED) is 0.527. The minimum absolute atomic E-state index is 0.0286. The second-order valence-electron chi connectivity index (χ2n) is 7.76. The van der Waals surface area contributed by atoms with E-state index in [4.69, 9.17) is 21.1 Å². The zero-order valence-corrected chi connectivity index (χ0v) is 18.7. The summed E-state index contributed by atoms with van der Waals surface area (Å²) in [6.45, 7) is 5.75. The van der Waals surface area contributed by atoms with Gasteiger partial charge in [-0.25, -0.2) is 9.97 Å². The first-order valence-electron chi connectivity index (χ1n) is 10.1. The summed E-state index contributed by atoms with van der Waals surface area (Å²) < 4.78 is 12.9. The van der Waals surface area contributed by atoms with Crippen LogP contribution in [0, 0.1) is 0 Å². The van der Waals surface area contributed by atoms with Crippen LogP contribution in [0.2, 0.25) is 5.02 Å². The molecule has 1 fully saturated rings. The molecule has 1 aromatic carbocycles. The summed E-state index contributed by atoms with van der Waals surface area (Å²) in [5, 5.41) is 4.56. The molecular weight excluding hydrogens is 422 g/mol. The number of nitrogens with zero attached hydrogens (tertiary/aromatic N) is 2. The van der Waals surface area contributed by atoms with Crippen molar-refractivity contribution in [1.29, 1.82) is 0 Å². The Hall–Kier alpha value is -2.38. The van der Waals surface area contributed by atoms with E-state index >= 15 is 0 Å². The fraction of sp³-hybridized carbons (Fsp3) is 0.409. The molecule has 0 radical (unpaired) electrons. The Bertz CT molecular complexity index is 1050. The van der Waals surface area contributed by atoms with Crippen LogP contribution in [0.1, 0.15) is 51.0 Å². The van der Waals surface area contributed by atoms with Crippen LogP contribution >= 0.6 is 22.9 Å². The fourth-order valence-corrected chi connectivity index (χ4v) is 4.87. The van der Waals surface area contributed by atoms with Crippen LogP contribution in [0.15, 0.2) is 30.5 Å². The molecule has 2 aromatic heterocycles. The second kappa shape index (κ2) is 8.78. The van der Waals surface area contributed by atoms with Crippen molar-refractivity contribution in [3.63, 3.8) is 0 Å². The summed E-state index contributed by atoms with van der Waals surface area (Å²) in [6, 6.07) is 7.36. The molecule has 0 bridgehead atoms. The van der Waals surface area contributed by atoms with Gasteiger partial charge in [0.15, 0.2) is 0 Å². The normalized spacial score (nSPS) is 18.7. The highest BCUT2D eigenvalue weighted by Gasteiger charge is 2.29. The number of hydrogen-bond donors (Lipinski definition) is 1. The summed E-state index contributed by atoms with van der Waals surface area (Å²) >= 11 is 8.17. The third kappa shape index (κ3) is 4.52. The minimum Gasteiger partial charge on any atom is -0.472 e. The molecule has 6 nitrogen and oxygen atoms in total. The van der Waals surface area contributed by atoms with E-state index in [1.54, 1.807) is 29.7 Å². The number of nitrogens with one attached hydrogen (secondary N) is 1. The third-order valence-electron chi connectivity index (χ3n) is 5.02. The lowest BCUT2D eigenvalue weighted by molar-refractivity contribution is -0.120. The molecule has 0 unspecified atom stereocenters. The number of thiazole rings is 1. The summed E-state index contributed by atoms with van der Waals surface area (Å²) in [5.74, 6) is 1.96. The maximum Gasteiger partial charge on any atom is 0.217 e. The Morgan fingerprint density at radius 2 is 2.10 bits per heavy atom. The molecule has 8 heteroatoms. The molecule has 4 rings (SSSR count). The zero-order chi connectivity index (χ0) is 21.3. The first-order valence-corrected chi connectivity index (χ1v) is 11.3. The van der Waals surface area contributed by atoms with Crippen LogP contribution < -0.4 is 14.8 Å². The number of halogens is 1. The minimum atomic E-state index is -0.0634. The van der Waals surface area contributed by atoms with Crippen LogP contribution in [-0.2, 0) is 4.79 Å². The summed E-state index contributed by atoms with van der Waals surface area (Å²) in [4.78, 5) is 20.3. The molecule has 2 heterocycles. The Kier molecular flexibility index (Phi) is 6.11. The number of amides is 1. The molecule has 0 saturated heterocycles. The number of benzene rings is 1. The molecule has 1 saturated carbocycles. The van der Waals surface area contributed by atoms with Crippen LogP contribution in [0.25, 0.3) is 10.2 Å². The Morgan fingerprint density at radius 1 is 1.27 bits per heavy atom. The summed E-state index contributed by atoms with van der Waals surface area (Å²) in [5.41, 5.74) is 0.883. The van der Waals surface area contributed by atoms with E-state index in [1.807, 2.05) is 12.1 Å². The number of rotatable bonds is 6. The molecule has 0 spiro atoms. The number of carbonyl (C=O) groups excluding carboxylic acids is 1. The molecule has 1 amide bonds. The maximum atomic E-state index is 11.3. The molecule has 158 valence electrons. The number of carbonyl (C=O) groups is 1. The van der Waals surface area contributed by atoms with E-state index < -0.39 is 0 Å². The van der Waals surface area contributed by atoms with Gasteiger partial charge in [0.1, 0.15) is 22.6 Å². The van der Waals surface area contributed by atoms with Crippen molar-refractivity contribution < 1.29 is 14.3 Å². The molecule has 1 aliphatic carbocycles. The lowest BCUT2D eigenvalue weighted by Crippen LogP contribution is -2.41. The van der Waals surface area contributed by atoms with Gasteiger partial charge in [0.25, 0.3) is 0 Å². The maximum absolute atomic E-state index is 11.3. The van der Waals surface area contributed by atoms with Crippen molar-refractivity contribution in [2.75, 3.05) is 0 Å². The van der Waals surface area contributed by atoms with Gasteiger partial charge in [0.05, 0.1) is 27.5 Å². The van der Waals surface area contributed by atoms with E-state index in [-0.39, 0.29) is 18.1 Å². The van der Waals surface area contributed by atoms with Crippen molar-refractivity contribution >= 4 is 39.1 Å². The summed E-state index contributed by atoms with van der Waals surface area (Å²) in [6.07, 6.45) is 4.39. The zero-order valence-electron chi connectivity index (χ0n) is 17.1. The van der Waals surface area contributed by atoms with Gasteiger partial charge in [-0.05, 0) is 37.5 Å². The number of fused-ring (bicyclic) bond motifs is 1. The smallest absolute Gasteiger partial charge is 0.217 e. The van der Waals surface area contributed by atoms with Crippen molar-refractivity contribution in [2.24, 2.45) is 0 Å². The number of pyridine rings is 1. The predicted molar refractivity (Wildman–Crippen MR) is 119 cm³/mol. The van der Waals surface area contributed by atoms with Crippen LogP contribution in [-0.4, -0.2) is 28.0 Å². The Balaban J connectivity index is 1.46. The van der Waals surface area contributed by atoms with E-state index in [0.717, 1.165) is 34.5 Å². The number of hydrogen-bond acceptors (Lipinski definition) is 6. The van der Waals surface area contributed by atoms with Crippen LogP contribution in [0.4, 0.5) is 0 Å². The predicted octanol–water partition coefficient (Wildman–Crippen LogP) is 5.70. The summed E-state index contributed by atoms with van der Waals surface area (Å²) in [7, 11) is 0. The van der Waals surface area contributed by atoms with Crippen molar-refractivity contribution in [3.05, 3.63) is 40.5 Å². The molecule has 30 heavy (non-hydrogen) atoms. The van der Waals surface area contributed by atoms with E-state index in [0.29, 0.717) is 28.3 Å². The van der Waals surface area contributed by atoms with Gasteiger partial charge in [-0.15, -0.1) is 11.3 Å². The number of ether oxygens (including phenoxy) is 2. The van der Waals surface area contributed by atoms with Crippen LogP contribution in [0.5, 0.6) is 17.4 Å². The van der Waals surface area contributed by atoms with Gasteiger partial charge < -0.3 is 14.8 Å². The molecule has 0 aliphatic heterocycles. The highest BCUT2D eigenvalue weighted by molar-refractivity contribution is 7.19. The van der Waals surface area contributed by atoms with Crippen molar-refractivity contribution in [3.8, 4) is 17.4 Å². The number of aromatic nitrogens is 2. The topological polar surface area (TPSA) is 73.3 Å². The highest BCUT2D eigenvalue weighted by Crippen LogP contribution is 2.39. The third-order valence-corrected chi connectivity index (χ3v) is 6.90. The van der Waals surface area contributed by atoms with E-state index in [1.165, 1.54) is 6.92 Å². The average Bonchev–Trinajstić information content (AvgIpc) is 3.33. The Labute approximate surface area is 184 Å². The standard InChI is InChI=1S/C22H24ClN3O3S/c1-12(2)22-26-16-8-9-18(20(23)21(16)30-22)28-14-7-10-19(24-11-14)29-17-6-4-5-15(17)25-13(3)27/h7-12,15,17H,4-6H2,1-3H3,(H,25,27)/t15-,17-/m0/s1. The van der Waals surface area contributed by atoms with E-state index in [9.17, 15) is 4.79 Å². The highest BCUT2D eigenvalue weighted by atomic mass is 35.5. The largest absolute Gasteiger partial charge is 0.472 e.